The Balaban J connectivity index is 2.01. The van der Waals surface area contributed by atoms with Crippen LogP contribution in [0.25, 0.3) is 22.8 Å². The van der Waals surface area contributed by atoms with Crippen molar-refractivity contribution in [2.45, 2.75) is 13.8 Å². The van der Waals surface area contributed by atoms with E-state index in [2.05, 4.69) is 15.1 Å². The van der Waals surface area contributed by atoms with Crippen molar-refractivity contribution in [3.05, 3.63) is 46.7 Å². The summed E-state index contributed by atoms with van der Waals surface area (Å²) in [4.78, 5) is 8.67. The lowest BCUT2D eigenvalue weighted by Gasteiger charge is -1.99. The molecule has 1 aromatic carbocycles. The third-order valence-corrected chi connectivity index (χ3v) is 3.26. The van der Waals surface area contributed by atoms with Crippen LogP contribution in [0.3, 0.4) is 0 Å². The van der Waals surface area contributed by atoms with E-state index < -0.39 is 0 Å². The molecule has 0 aliphatic carbocycles. The molecule has 0 radical (unpaired) electrons. The van der Waals surface area contributed by atoms with E-state index in [-0.39, 0.29) is 10.8 Å². The van der Waals surface area contributed by atoms with Gasteiger partial charge in [0.25, 0.3) is 5.89 Å². The molecule has 0 aliphatic heterocycles. The van der Waals surface area contributed by atoms with Crippen LogP contribution in [0.4, 0.5) is 0 Å². The second-order valence-electron chi connectivity index (χ2n) is 4.73. The van der Waals surface area contributed by atoms with Crippen LogP contribution in [0.1, 0.15) is 11.4 Å². The zero-order valence-corrected chi connectivity index (χ0v) is 12.2. The van der Waals surface area contributed by atoms with E-state index in [1.807, 2.05) is 26.0 Å². The van der Waals surface area contributed by atoms with Gasteiger partial charge in [-0.25, -0.2) is 0 Å². The largest absolute Gasteiger partial charge is 0.506 e. The summed E-state index contributed by atoms with van der Waals surface area (Å²) in [6.07, 6.45) is 0. The predicted octanol–water partition coefficient (Wildman–Crippen LogP) is 3.77. The first-order valence-corrected chi connectivity index (χ1v) is 6.69. The van der Waals surface area contributed by atoms with Crippen molar-refractivity contribution in [3.63, 3.8) is 0 Å². The number of pyridine rings is 1. The van der Waals surface area contributed by atoms with Crippen LogP contribution < -0.4 is 0 Å². The van der Waals surface area contributed by atoms with Gasteiger partial charge in [0.1, 0.15) is 5.75 Å². The van der Waals surface area contributed by atoms with Gasteiger partial charge in [-0.1, -0.05) is 16.8 Å². The minimum absolute atomic E-state index is 0.0144. The summed E-state index contributed by atoms with van der Waals surface area (Å²) in [5.41, 5.74) is 3.28. The number of benzene rings is 1. The van der Waals surface area contributed by atoms with Gasteiger partial charge in [-0.2, -0.15) is 4.98 Å². The Hall–Kier alpha value is -2.40. The van der Waals surface area contributed by atoms with Crippen molar-refractivity contribution in [1.82, 2.24) is 15.1 Å². The van der Waals surface area contributed by atoms with Gasteiger partial charge in [-0.05, 0) is 44.2 Å². The average molecular weight is 302 g/mol. The first-order chi connectivity index (χ1) is 10.0. The predicted molar refractivity (Wildman–Crippen MR) is 79.1 cm³/mol. The normalized spacial score (nSPS) is 10.8. The molecule has 2 heterocycles. The summed E-state index contributed by atoms with van der Waals surface area (Å²) < 4.78 is 5.26. The van der Waals surface area contributed by atoms with Crippen molar-refractivity contribution in [2.24, 2.45) is 0 Å². The number of halogens is 1. The molecule has 21 heavy (non-hydrogen) atoms. The van der Waals surface area contributed by atoms with E-state index in [1.165, 1.54) is 6.07 Å². The van der Waals surface area contributed by atoms with E-state index >= 15 is 0 Å². The van der Waals surface area contributed by atoms with E-state index in [0.29, 0.717) is 17.3 Å². The minimum atomic E-state index is 0.0144. The molecule has 0 atom stereocenters. The Bertz CT molecular complexity index is 794. The van der Waals surface area contributed by atoms with E-state index in [1.54, 1.807) is 12.1 Å². The summed E-state index contributed by atoms with van der Waals surface area (Å²) in [5, 5.41) is 13.6. The van der Waals surface area contributed by atoms with Crippen LogP contribution in [0.5, 0.6) is 5.75 Å². The van der Waals surface area contributed by atoms with Gasteiger partial charge in [0.05, 0.1) is 5.02 Å². The molecule has 1 N–H and O–H groups in total. The Labute approximate surface area is 126 Å². The van der Waals surface area contributed by atoms with Gasteiger partial charge in [0.2, 0.25) is 5.82 Å². The third-order valence-electron chi connectivity index (χ3n) is 2.96. The number of hydrogen-bond donors (Lipinski definition) is 1. The number of nitrogens with zero attached hydrogens (tertiary/aromatic N) is 3. The quantitative estimate of drug-likeness (QED) is 0.780. The third kappa shape index (κ3) is 2.73. The molecule has 6 heteroatoms. The second-order valence-corrected chi connectivity index (χ2v) is 5.14. The Morgan fingerprint density at radius 3 is 2.38 bits per heavy atom. The second kappa shape index (κ2) is 5.18. The highest BCUT2D eigenvalue weighted by molar-refractivity contribution is 6.32. The molecule has 0 amide bonds. The van der Waals surface area contributed by atoms with Gasteiger partial charge in [0.15, 0.2) is 0 Å². The number of aryl methyl sites for hydroxylation is 2. The number of aromatic nitrogens is 3. The van der Waals surface area contributed by atoms with Crippen LogP contribution >= 0.6 is 11.6 Å². The van der Waals surface area contributed by atoms with E-state index in [0.717, 1.165) is 17.0 Å². The molecule has 0 spiro atoms. The number of phenols is 1. The van der Waals surface area contributed by atoms with Crippen molar-refractivity contribution < 1.29 is 9.63 Å². The molecule has 0 aliphatic rings. The van der Waals surface area contributed by atoms with Gasteiger partial charge in [-0.15, -0.1) is 0 Å². The SMILES string of the molecule is Cc1cc(-c2noc(-c3ccc(O)c(Cl)c3)n2)cc(C)n1. The maximum absolute atomic E-state index is 9.43. The highest BCUT2D eigenvalue weighted by Gasteiger charge is 2.12. The van der Waals surface area contributed by atoms with Gasteiger partial charge in [0, 0.05) is 22.5 Å². The topological polar surface area (TPSA) is 72.0 Å². The van der Waals surface area contributed by atoms with Crippen molar-refractivity contribution >= 4 is 11.6 Å². The molecule has 0 saturated carbocycles. The molecular formula is C15H12ClN3O2. The smallest absolute Gasteiger partial charge is 0.258 e. The molecule has 106 valence electrons. The lowest BCUT2D eigenvalue weighted by molar-refractivity contribution is 0.432. The van der Waals surface area contributed by atoms with Crippen LogP contribution in [0, 0.1) is 13.8 Å². The fraction of sp³-hybridized carbons (Fsp3) is 0.133. The standard InChI is InChI=1S/C15H12ClN3O2/c1-8-5-11(6-9(2)17-8)14-18-15(21-19-14)10-3-4-13(20)12(16)7-10/h3-7,20H,1-2H3. The number of phenolic OH excluding ortho intramolecular Hbond substituents is 1. The number of rotatable bonds is 2. The van der Waals surface area contributed by atoms with Crippen molar-refractivity contribution in [3.8, 4) is 28.6 Å². The van der Waals surface area contributed by atoms with Crippen LogP contribution in [-0.2, 0) is 0 Å². The minimum Gasteiger partial charge on any atom is -0.506 e. The average Bonchev–Trinajstić information content (AvgIpc) is 2.90. The summed E-state index contributed by atoms with van der Waals surface area (Å²) in [7, 11) is 0. The highest BCUT2D eigenvalue weighted by atomic mass is 35.5. The number of aromatic hydroxyl groups is 1. The zero-order chi connectivity index (χ0) is 15.0. The molecule has 0 saturated heterocycles. The first kappa shape index (κ1) is 13.6. The molecular weight excluding hydrogens is 290 g/mol. The molecule has 0 bridgehead atoms. The summed E-state index contributed by atoms with van der Waals surface area (Å²) in [6.45, 7) is 3.83. The van der Waals surface area contributed by atoms with Crippen LogP contribution in [0.2, 0.25) is 5.02 Å². The Morgan fingerprint density at radius 1 is 1.00 bits per heavy atom. The van der Waals surface area contributed by atoms with Gasteiger partial charge >= 0.3 is 0 Å². The fourth-order valence-electron chi connectivity index (χ4n) is 2.06. The molecule has 2 aromatic heterocycles. The molecule has 3 aromatic rings. The highest BCUT2D eigenvalue weighted by Crippen LogP contribution is 2.29. The molecule has 0 unspecified atom stereocenters. The molecule has 0 fully saturated rings. The Kier molecular flexibility index (Phi) is 3.35. The first-order valence-electron chi connectivity index (χ1n) is 6.31. The van der Waals surface area contributed by atoms with Crippen LogP contribution in [0.15, 0.2) is 34.9 Å². The van der Waals surface area contributed by atoms with Crippen LogP contribution in [-0.4, -0.2) is 20.2 Å². The fourth-order valence-corrected chi connectivity index (χ4v) is 2.24. The number of hydrogen-bond acceptors (Lipinski definition) is 5. The zero-order valence-electron chi connectivity index (χ0n) is 11.5. The van der Waals surface area contributed by atoms with Crippen molar-refractivity contribution in [2.75, 3.05) is 0 Å². The molecule has 5 nitrogen and oxygen atoms in total. The lowest BCUT2D eigenvalue weighted by Crippen LogP contribution is -1.89. The lowest BCUT2D eigenvalue weighted by atomic mass is 10.2. The summed E-state index contributed by atoms with van der Waals surface area (Å²) in [5.74, 6) is 0.849. The van der Waals surface area contributed by atoms with Gasteiger partial charge in [-0.3, -0.25) is 4.98 Å². The monoisotopic (exact) mass is 301 g/mol. The maximum Gasteiger partial charge on any atom is 0.258 e. The van der Waals surface area contributed by atoms with Gasteiger partial charge < -0.3 is 9.63 Å². The van der Waals surface area contributed by atoms with Crippen molar-refractivity contribution in [1.29, 1.82) is 0 Å². The summed E-state index contributed by atoms with van der Waals surface area (Å²) >= 11 is 5.88. The summed E-state index contributed by atoms with van der Waals surface area (Å²) in [6, 6.07) is 8.53. The Morgan fingerprint density at radius 2 is 1.71 bits per heavy atom. The van der Waals surface area contributed by atoms with E-state index in [9.17, 15) is 5.11 Å². The maximum atomic E-state index is 9.43. The van der Waals surface area contributed by atoms with E-state index in [4.69, 9.17) is 16.1 Å². The molecule has 3 rings (SSSR count).